The van der Waals surface area contributed by atoms with Crippen LogP contribution in [0.25, 0.3) is 0 Å². The number of nitrogens with one attached hydrogen (secondary N) is 1. The van der Waals surface area contributed by atoms with Crippen molar-refractivity contribution < 1.29 is 9.90 Å². The maximum Gasteiger partial charge on any atom is 0.306 e. The summed E-state index contributed by atoms with van der Waals surface area (Å²) in [6, 6.07) is 4.00. The molecule has 0 radical (unpaired) electrons. The summed E-state index contributed by atoms with van der Waals surface area (Å²) in [7, 11) is 0. The highest BCUT2D eigenvalue weighted by atomic mass is 16.4. The topological polar surface area (TPSA) is 62.2 Å². The molecule has 1 aromatic rings. The summed E-state index contributed by atoms with van der Waals surface area (Å²) in [6.45, 7) is 7.56. The Labute approximate surface area is 108 Å². The van der Waals surface area contributed by atoms with Crippen LogP contribution in [0.2, 0.25) is 0 Å². The molecular formula is C14H22N2O2. The van der Waals surface area contributed by atoms with E-state index in [0.29, 0.717) is 6.42 Å². The third-order valence-corrected chi connectivity index (χ3v) is 3.19. The van der Waals surface area contributed by atoms with Gasteiger partial charge in [0.2, 0.25) is 0 Å². The zero-order valence-corrected chi connectivity index (χ0v) is 11.3. The van der Waals surface area contributed by atoms with Gasteiger partial charge in [-0.2, -0.15) is 0 Å². The molecule has 0 aliphatic carbocycles. The van der Waals surface area contributed by atoms with Gasteiger partial charge in [-0.3, -0.25) is 9.78 Å². The monoisotopic (exact) mass is 250 g/mol. The number of hydrogen-bond acceptors (Lipinski definition) is 3. The molecule has 1 heterocycles. The van der Waals surface area contributed by atoms with Crippen LogP contribution in [0.3, 0.4) is 0 Å². The number of rotatable bonds is 7. The molecule has 2 N–H and O–H groups in total. The fourth-order valence-electron chi connectivity index (χ4n) is 1.71. The molecular weight excluding hydrogens is 228 g/mol. The summed E-state index contributed by atoms with van der Waals surface area (Å²) in [5.74, 6) is -1.03. The van der Waals surface area contributed by atoms with Gasteiger partial charge in [0.25, 0.3) is 0 Å². The van der Waals surface area contributed by atoms with Crippen molar-refractivity contribution in [1.29, 1.82) is 0 Å². The summed E-state index contributed by atoms with van der Waals surface area (Å²) < 4.78 is 0. The highest BCUT2D eigenvalue weighted by Gasteiger charge is 2.20. The maximum absolute atomic E-state index is 10.7. The molecule has 4 heteroatoms. The summed E-state index contributed by atoms with van der Waals surface area (Å²) in [6.07, 6.45) is 4.29. The van der Waals surface area contributed by atoms with E-state index >= 15 is 0 Å². The van der Waals surface area contributed by atoms with E-state index < -0.39 is 5.97 Å². The van der Waals surface area contributed by atoms with Gasteiger partial charge in [-0.05, 0) is 24.6 Å². The van der Waals surface area contributed by atoms with Gasteiger partial charge < -0.3 is 10.4 Å². The minimum Gasteiger partial charge on any atom is -0.481 e. The predicted molar refractivity (Wildman–Crippen MR) is 71.5 cm³/mol. The molecule has 0 bridgehead atoms. The number of hydrogen-bond donors (Lipinski definition) is 2. The Kier molecular flexibility index (Phi) is 5.28. The van der Waals surface area contributed by atoms with Crippen LogP contribution in [0.1, 0.15) is 32.8 Å². The van der Waals surface area contributed by atoms with Crippen molar-refractivity contribution >= 4 is 5.97 Å². The second kappa shape index (κ2) is 6.50. The quantitative estimate of drug-likeness (QED) is 0.727. The molecule has 0 saturated heterocycles. The van der Waals surface area contributed by atoms with E-state index in [-0.39, 0.29) is 11.3 Å². The molecule has 0 aliphatic rings. The Balaban J connectivity index is 2.37. The Hall–Kier alpha value is -1.42. The lowest BCUT2D eigenvalue weighted by Gasteiger charge is -2.25. The lowest BCUT2D eigenvalue weighted by molar-refractivity contribution is -0.141. The molecule has 100 valence electrons. The Morgan fingerprint density at radius 1 is 1.56 bits per heavy atom. The van der Waals surface area contributed by atoms with E-state index in [1.807, 2.05) is 12.3 Å². The molecule has 1 unspecified atom stereocenters. The molecule has 0 aromatic carbocycles. The summed E-state index contributed by atoms with van der Waals surface area (Å²) >= 11 is 0. The zero-order chi connectivity index (χ0) is 13.6. The standard InChI is InChI=1S/C14H22N2O2/c1-11(13(17)18)6-8-16-10-14(2,3)12-5-4-7-15-9-12/h4-5,7,9,11,16H,6,8,10H2,1-3H3,(H,17,18). The van der Waals surface area contributed by atoms with Gasteiger partial charge in [0.15, 0.2) is 0 Å². The molecule has 18 heavy (non-hydrogen) atoms. The Morgan fingerprint density at radius 2 is 2.28 bits per heavy atom. The number of carboxylic acid groups (broad SMARTS) is 1. The smallest absolute Gasteiger partial charge is 0.306 e. The summed E-state index contributed by atoms with van der Waals surface area (Å²) in [5.41, 5.74) is 1.18. The number of nitrogens with zero attached hydrogens (tertiary/aromatic N) is 1. The number of aliphatic carboxylic acids is 1. The molecule has 1 rings (SSSR count). The zero-order valence-electron chi connectivity index (χ0n) is 11.3. The predicted octanol–water partition coefficient (Wildman–Crippen LogP) is 2.06. The van der Waals surface area contributed by atoms with E-state index in [1.165, 1.54) is 5.56 Å². The van der Waals surface area contributed by atoms with E-state index in [0.717, 1.165) is 13.1 Å². The van der Waals surface area contributed by atoms with Crippen LogP contribution in [0.5, 0.6) is 0 Å². The Bertz CT molecular complexity index is 377. The third kappa shape index (κ3) is 4.45. The van der Waals surface area contributed by atoms with Crippen LogP contribution >= 0.6 is 0 Å². The second-order valence-corrected chi connectivity index (χ2v) is 5.33. The minimum absolute atomic E-state index is 0.000716. The van der Waals surface area contributed by atoms with Crippen molar-refractivity contribution in [2.24, 2.45) is 5.92 Å². The lowest BCUT2D eigenvalue weighted by atomic mass is 9.85. The first-order valence-corrected chi connectivity index (χ1v) is 6.27. The first-order chi connectivity index (χ1) is 8.43. The normalized spacial score (nSPS) is 13.3. The first-order valence-electron chi connectivity index (χ1n) is 6.27. The first kappa shape index (κ1) is 14.6. The van der Waals surface area contributed by atoms with Crippen LogP contribution in [0.15, 0.2) is 24.5 Å². The van der Waals surface area contributed by atoms with Gasteiger partial charge >= 0.3 is 5.97 Å². The van der Waals surface area contributed by atoms with Crippen molar-refractivity contribution in [3.63, 3.8) is 0 Å². The Morgan fingerprint density at radius 3 is 2.83 bits per heavy atom. The molecule has 0 saturated carbocycles. The largest absolute Gasteiger partial charge is 0.481 e. The number of carboxylic acids is 1. The van der Waals surface area contributed by atoms with Crippen LogP contribution in [-0.2, 0) is 10.2 Å². The van der Waals surface area contributed by atoms with E-state index in [1.54, 1.807) is 13.1 Å². The molecule has 1 aromatic heterocycles. The fraction of sp³-hybridized carbons (Fsp3) is 0.571. The highest BCUT2D eigenvalue weighted by Crippen LogP contribution is 2.20. The van der Waals surface area contributed by atoms with Gasteiger partial charge in [-0.15, -0.1) is 0 Å². The molecule has 0 amide bonds. The van der Waals surface area contributed by atoms with Crippen molar-refractivity contribution in [3.8, 4) is 0 Å². The maximum atomic E-state index is 10.7. The SMILES string of the molecule is CC(CCNCC(C)(C)c1cccnc1)C(=O)O. The van der Waals surface area contributed by atoms with Crippen LogP contribution in [0, 0.1) is 5.92 Å². The molecule has 0 spiro atoms. The lowest BCUT2D eigenvalue weighted by Crippen LogP contribution is -2.34. The molecule has 0 fully saturated rings. The van der Waals surface area contributed by atoms with Crippen LogP contribution < -0.4 is 5.32 Å². The number of pyridine rings is 1. The highest BCUT2D eigenvalue weighted by molar-refractivity contribution is 5.69. The van der Waals surface area contributed by atoms with Gasteiger partial charge in [-0.1, -0.05) is 26.8 Å². The minimum atomic E-state index is -0.733. The summed E-state index contributed by atoms with van der Waals surface area (Å²) in [5, 5.41) is 12.1. The van der Waals surface area contributed by atoms with Gasteiger partial charge in [0.05, 0.1) is 5.92 Å². The van der Waals surface area contributed by atoms with E-state index in [4.69, 9.17) is 5.11 Å². The van der Waals surface area contributed by atoms with Crippen LogP contribution in [0.4, 0.5) is 0 Å². The van der Waals surface area contributed by atoms with Gasteiger partial charge in [0.1, 0.15) is 0 Å². The van der Waals surface area contributed by atoms with Crippen molar-refractivity contribution in [2.45, 2.75) is 32.6 Å². The third-order valence-electron chi connectivity index (χ3n) is 3.19. The second-order valence-electron chi connectivity index (χ2n) is 5.33. The van der Waals surface area contributed by atoms with Crippen molar-refractivity contribution in [1.82, 2.24) is 10.3 Å². The molecule has 4 nitrogen and oxygen atoms in total. The fourth-order valence-corrected chi connectivity index (χ4v) is 1.71. The molecule has 0 aliphatic heterocycles. The summed E-state index contributed by atoms with van der Waals surface area (Å²) in [4.78, 5) is 14.8. The van der Waals surface area contributed by atoms with Crippen molar-refractivity contribution in [2.75, 3.05) is 13.1 Å². The van der Waals surface area contributed by atoms with Gasteiger partial charge in [0, 0.05) is 24.4 Å². The van der Waals surface area contributed by atoms with E-state index in [9.17, 15) is 4.79 Å². The molecule has 1 atom stereocenters. The average molecular weight is 250 g/mol. The van der Waals surface area contributed by atoms with Crippen LogP contribution in [-0.4, -0.2) is 29.1 Å². The van der Waals surface area contributed by atoms with E-state index in [2.05, 4.69) is 30.2 Å². The number of aromatic nitrogens is 1. The average Bonchev–Trinajstić information content (AvgIpc) is 2.35. The number of carbonyl (C=O) groups is 1. The van der Waals surface area contributed by atoms with Crippen molar-refractivity contribution in [3.05, 3.63) is 30.1 Å². The van der Waals surface area contributed by atoms with Gasteiger partial charge in [-0.25, -0.2) is 0 Å².